The van der Waals surface area contributed by atoms with Crippen molar-refractivity contribution in [1.82, 2.24) is 9.97 Å². The van der Waals surface area contributed by atoms with Crippen LogP contribution in [0.1, 0.15) is 5.56 Å². The second kappa shape index (κ2) is 12.1. The van der Waals surface area contributed by atoms with Gasteiger partial charge in [-0.05, 0) is 73.2 Å². The van der Waals surface area contributed by atoms with E-state index in [4.69, 9.17) is 4.98 Å². The van der Waals surface area contributed by atoms with Gasteiger partial charge in [-0.3, -0.25) is 4.55 Å². The summed E-state index contributed by atoms with van der Waals surface area (Å²) >= 11 is 2.71. The molecule has 0 atom stereocenters. The average Bonchev–Trinajstić information content (AvgIpc) is 3.68. The molecule has 0 spiro atoms. The third-order valence-electron chi connectivity index (χ3n) is 7.09. The minimum Gasteiger partial charge on any atom is -0.505 e. The van der Waals surface area contributed by atoms with E-state index in [1.54, 1.807) is 43.3 Å². The van der Waals surface area contributed by atoms with E-state index >= 15 is 0 Å². The SMILES string of the molecule is Cc1ccc2nc(-c3ccc4nc(-c5ccc(N=Nc6cc(N=Nc7ccccc7)c(O)cc6O)cc5)sc4c3)sc2c1S(=O)(=O)O. The van der Waals surface area contributed by atoms with Gasteiger partial charge in [0.2, 0.25) is 0 Å². The average molecular weight is 679 g/mol. The molecule has 3 N–H and O–H groups in total. The molecule has 2 aromatic heterocycles. The molecule has 11 nitrogen and oxygen atoms in total. The number of nitrogens with zero attached hydrogens (tertiary/aromatic N) is 6. The van der Waals surface area contributed by atoms with Crippen LogP contribution >= 0.6 is 22.7 Å². The van der Waals surface area contributed by atoms with E-state index in [9.17, 15) is 23.2 Å². The van der Waals surface area contributed by atoms with Crippen molar-refractivity contribution in [3.05, 3.63) is 103 Å². The van der Waals surface area contributed by atoms with Gasteiger partial charge in [0.25, 0.3) is 10.1 Å². The third-order valence-corrected chi connectivity index (χ3v) is 10.5. The van der Waals surface area contributed by atoms with E-state index in [1.807, 2.05) is 48.5 Å². The van der Waals surface area contributed by atoms with Crippen molar-refractivity contribution in [1.29, 1.82) is 0 Å². The number of aryl methyl sites for hydroxylation is 1. The Morgan fingerprint density at radius 3 is 1.91 bits per heavy atom. The number of azo groups is 2. The first-order valence-corrected chi connectivity index (χ1v) is 17.0. The van der Waals surface area contributed by atoms with Gasteiger partial charge >= 0.3 is 0 Å². The molecule has 0 saturated heterocycles. The summed E-state index contributed by atoms with van der Waals surface area (Å²) in [7, 11) is -4.41. The topological polar surface area (TPSA) is 170 Å². The predicted molar refractivity (Wildman–Crippen MR) is 183 cm³/mol. The molecule has 2 heterocycles. The standard InChI is InChI=1S/C33H22N6O5S3/c1-18-7-13-24-30(31(18)47(42,43)44)46-33(35-24)20-10-14-23-29(15-20)45-32(34-23)19-8-11-22(12-9-19)37-39-26-16-25(27(40)17-28(26)41)38-36-21-5-3-2-4-6-21/h2-17,40-41H,1H3,(H,42,43,44). The molecule has 0 aliphatic carbocycles. The zero-order valence-electron chi connectivity index (χ0n) is 24.3. The van der Waals surface area contributed by atoms with Gasteiger partial charge in [-0.1, -0.05) is 24.3 Å². The normalized spacial score (nSPS) is 12.2. The number of aromatic hydroxyl groups is 2. The Kier molecular flexibility index (Phi) is 7.77. The van der Waals surface area contributed by atoms with E-state index in [0.717, 1.165) is 32.4 Å². The lowest BCUT2D eigenvalue weighted by Gasteiger charge is -2.02. The number of phenols is 2. The second-order valence-electron chi connectivity index (χ2n) is 10.4. The Labute approximate surface area is 275 Å². The van der Waals surface area contributed by atoms with Crippen molar-refractivity contribution < 1.29 is 23.2 Å². The van der Waals surface area contributed by atoms with E-state index in [1.165, 1.54) is 28.7 Å². The first-order valence-electron chi connectivity index (χ1n) is 14.0. The van der Waals surface area contributed by atoms with E-state index in [-0.39, 0.29) is 27.8 Å². The first kappa shape index (κ1) is 30.3. The highest BCUT2D eigenvalue weighted by Crippen LogP contribution is 2.41. The zero-order valence-corrected chi connectivity index (χ0v) is 26.8. The summed E-state index contributed by atoms with van der Waals surface area (Å²) in [4.78, 5) is 9.28. The van der Waals surface area contributed by atoms with Crippen LogP contribution in [0, 0.1) is 6.92 Å². The van der Waals surface area contributed by atoms with Crippen molar-refractivity contribution in [3.8, 4) is 32.6 Å². The van der Waals surface area contributed by atoms with Crippen LogP contribution in [0.25, 0.3) is 41.6 Å². The fourth-order valence-corrected chi connectivity index (χ4v) is 8.11. The van der Waals surface area contributed by atoms with Crippen LogP contribution in [0.3, 0.4) is 0 Å². The molecule has 0 amide bonds. The number of benzene rings is 5. The maximum atomic E-state index is 12.0. The number of hydrogen-bond donors (Lipinski definition) is 3. The predicted octanol–water partition coefficient (Wildman–Crippen LogP) is 10.0. The lowest BCUT2D eigenvalue weighted by molar-refractivity contribution is 0.452. The lowest BCUT2D eigenvalue weighted by Crippen LogP contribution is -2.00. The Bertz CT molecular complexity index is 2480. The number of hydrogen-bond acceptors (Lipinski definition) is 12. The molecule has 0 radical (unpaired) electrons. The Hall–Kier alpha value is -5.41. The van der Waals surface area contributed by atoms with Crippen LogP contribution in [0.4, 0.5) is 22.7 Å². The molecule has 0 bridgehead atoms. The van der Waals surface area contributed by atoms with Crippen molar-refractivity contribution >= 4 is 76.0 Å². The van der Waals surface area contributed by atoms with Gasteiger partial charge < -0.3 is 10.2 Å². The van der Waals surface area contributed by atoms with Gasteiger partial charge in [-0.25, -0.2) is 9.97 Å². The summed E-state index contributed by atoms with van der Waals surface area (Å²) in [5.74, 6) is -0.495. The number of thiazole rings is 2. The fraction of sp³-hybridized carbons (Fsp3) is 0.0303. The monoisotopic (exact) mass is 678 g/mol. The molecule has 7 rings (SSSR count). The smallest absolute Gasteiger partial charge is 0.296 e. The maximum Gasteiger partial charge on any atom is 0.296 e. The molecular formula is C33H22N6O5S3. The van der Waals surface area contributed by atoms with Crippen LogP contribution in [0.5, 0.6) is 11.5 Å². The minimum atomic E-state index is -4.41. The summed E-state index contributed by atoms with van der Waals surface area (Å²) in [6.07, 6.45) is 0. The lowest BCUT2D eigenvalue weighted by atomic mass is 10.2. The van der Waals surface area contributed by atoms with Crippen LogP contribution in [-0.4, -0.2) is 33.2 Å². The molecule has 7 aromatic rings. The molecule has 14 heteroatoms. The van der Waals surface area contributed by atoms with Crippen LogP contribution < -0.4 is 0 Å². The van der Waals surface area contributed by atoms with Crippen LogP contribution in [0.15, 0.2) is 122 Å². The Balaban J connectivity index is 1.12. The minimum absolute atomic E-state index is 0.113. The molecule has 5 aromatic carbocycles. The molecule has 0 aliphatic heterocycles. The van der Waals surface area contributed by atoms with Crippen molar-refractivity contribution in [2.24, 2.45) is 20.5 Å². The largest absolute Gasteiger partial charge is 0.505 e. The molecule has 47 heavy (non-hydrogen) atoms. The summed E-state index contributed by atoms with van der Waals surface area (Å²) in [6.45, 7) is 1.64. The van der Waals surface area contributed by atoms with Crippen molar-refractivity contribution in [2.75, 3.05) is 0 Å². The molecule has 232 valence electrons. The zero-order chi connectivity index (χ0) is 32.7. The summed E-state index contributed by atoms with van der Waals surface area (Å²) < 4.78 is 35.2. The first-order chi connectivity index (χ1) is 22.6. The highest BCUT2D eigenvalue weighted by Gasteiger charge is 2.21. The quantitative estimate of drug-likeness (QED) is 0.111. The van der Waals surface area contributed by atoms with E-state index < -0.39 is 10.1 Å². The van der Waals surface area contributed by atoms with Crippen LogP contribution in [-0.2, 0) is 10.1 Å². The van der Waals surface area contributed by atoms with Gasteiger partial charge in [0.1, 0.15) is 37.8 Å². The molecule has 0 fully saturated rings. The maximum absolute atomic E-state index is 12.0. The number of fused-ring (bicyclic) bond motifs is 2. The van der Waals surface area contributed by atoms with Gasteiger partial charge in [0.15, 0.2) is 0 Å². The summed E-state index contributed by atoms with van der Waals surface area (Å²) in [5.41, 5.74) is 4.84. The third kappa shape index (κ3) is 6.22. The Morgan fingerprint density at radius 2 is 1.23 bits per heavy atom. The number of rotatable bonds is 7. The van der Waals surface area contributed by atoms with Crippen molar-refractivity contribution in [3.63, 3.8) is 0 Å². The molecular weight excluding hydrogens is 657 g/mol. The molecule has 0 unspecified atom stereocenters. The Morgan fingerprint density at radius 1 is 0.638 bits per heavy atom. The number of phenolic OH excluding ortho intramolecular Hbond substituents is 2. The molecule has 0 aliphatic rings. The van der Waals surface area contributed by atoms with Crippen LogP contribution in [0.2, 0.25) is 0 Å². The molecule has 0 saturated carbocycles. The van der Waals surface area contributed by atoms with E-state index in [0.29, 0.717) is 32.2 Å². The summed E-state index contributed by atoms with van der Waals surface area (Å²) in [6, 6.07) is 28.0. The fourth-order valence-electron chi connectivity index (χ4n) is 4.79. The van der Waals surface area contributed by atoms with Gasteiger partial charge in [-0.2, -0.15) is 18.6 Å². The highest BCUT2D eigenvalue weighted by atomic mass is 32.2. The van der Waals surface area contributed by atoms with E-state index in [2.05, 4.69) is 25.4 Å². The van der Waals surface area contributed by atoms with Crippen molar-refractivity contribution in [2.45, 2.75) is 11.8 Å². The van der Waals surface area contributed by atoms with Gasteiger partial charge in [0, 0.05) is 23.3 Å². The second-order valence-corrected chi connectivity index (χ2v) is 13.8. The van der Waals surface area contributed by atoms with Gasteiger partial charge in [-0.15, -0.1) is 32.9 Å². The summed E-state index contributed by atoms with van der Waals surface area (Å²) in [5, 5.41) is 38.5. The highest BCUT2D eigenvalue weighted by molar-refractivity contribution is 7.86. The number of aromatic nitrogens is 2. The van der Waals surface area contributed by atoms with Gasteiger partial charge in [0.05, 0.1) is 31.8 Å².